The fraction of sp³-hybridized carbons (Fsp3) is 0.296. The highest BCUT2D eigenvalue weighted by Gasteiger charge is 2.41. The summed E-state index contributed by atoms with van der Waals surface area (Å²) in [5.74, 6) is -3.49. The predicted molar refractivity (Wildman–Crippen MR) is 137 cm³/mol. The maximum Gasteiger partial charge on any atom is 0.491 e. The number of alkyl halides is 3. The Bertz CT molecular complexity index is 1280. The van der Waals surface area contributed by atoms with Crippen molar-refractivity contribution >= 4 is 34.2 Å². The highest BCUT2D eigenvalue weighted by molar-refractivity contribution is 5.99. The first-order chi connectivity index (χ1) is 18.0. The molecule has 0 bridgehead atoms. The van der Waals surface area contributed by atoms with E-state index >= 15 is 0 Å². The van der Waals surface area contributed by atoms with E-state index in [2.05, 4.69) is 10.1 Å². The van der Waals surface area contributed by atoms with E-state index in [9.17, 15) is 27.6 Å². The number of benzene rings is 3. The number of ether oxygens (including phenoxy) is 1. The molecule has 0 aliphatic heterocycles. The maximum absolute atomic E-state index is 13.2. The van der Waals surface area contributed by atoms with E-state index in [4.69, 9.17) is 11.5 Å². The van der Waals surface area contributed by atoms with E-state index < -0.39 is 30.1 Å². The van der Waals surface area contributed by atoms with Gasteiger partial charge in [-0.05, 0) is 66.4 Å². The lowest BCUT2D eigenvalue weighted by Gasteiger charge is -2.29. The molecule has 2 atom stereocenters. The number of nitrogens with one attached hydrogen (secondary N) is 1. The molecule has 0 aliphatic rings. The van der Waals surface area contributed by atoms with Crippen molar-refractivity contribution in [2.75, 3.05) is 18.9 Å². The fourth-order valence-electron chi connectivity index (χ4n) is 3.92. The zero-order valence-electron chi connectivity index (χ0n) is 20.7. The summed E-state index contributed by atoms with van der Waals surface area (Å²) in [5.41, 5.74) is 12.9. The Kier molecular flexibility index (Phi) is 9.43. The lowest BCUT2D eigenvalue weighted by Crippen LogP contribution is -2.51. The van der Waals surface area contributed by atoms with Crippen LogP contribution in [0.25, 0.3) is 10.8 Å². The minimum absolute atomic E-state index is 0.0482. The highest BCUT2D eigenvalue weighted by atomic mass is 19.4. The molecule has 2 amide bonds. The van der Waals surface area contributed by atoms with Gasteiger partial charge in [-0.15, -0.1) is 0 Å². The van der Waals surface area contributed by atoms with Crippen LogP contribution in [0.1, 0.15) is 18.4 Å². The van der Waals surface area contributed by atoms with Gasteiger partial charge in [0.2, 0.25) is 11.8 Å². The number of carbonyl (C=O) groups excluding carboxylic acids is 3. The normalized spacial score (nSPS) is 13.0. The van der Waals surface area contributed by atoms with Crippen LogP contribution in [0.4, 0.5) is 18.9 Å². The van der Waals surface area contributed by atoms with Gasteiger partial charge in [-0.1, -0.05) is 42.5 Å². The summed E-state index contributed by atoms with van der Waals surface area (Å²) in [6.45, 7) is 0.332. The van der Waals surface area contributed by atoms with Gasteiger partial charge in [0.1, 0.15) is 11.8 Å². The van der Waals surface area contributed by atoms with E-state index in [1.165, 1.54) is 36.2 Å². The van der Waals surface area contributed by atoms with Gasteiger partial charge in [0, 0.05) is 12.7 Å². The molecule has 0 heterocycles. The van der Waals surface area contributed by atoms with E-state index in [1.807, 2.05) is 36.4 Å². The number of esters is 1. The van der Waals surface area contributed by atoms with Crippen molar-refractivity contribution in [2.24, 2.45) is 11.5 Å². The van der Waals surface area contributed by atoms with E-state index in [0.29, 0.717) is 30.6 Å². The molecule has 0 aromatic heterocycles. The largest absolute Gasteiger partial charge is 0.491 e. The first-order valence-corrected chi connectivity index (χ1v) is 11.9. The number of hydrogen-bond donors (Lipinski definition) is 3. The number of fused-ring (bicyclic) bond motifs is 1. The number of rotatable bonds is 10. The van der Waals surface area contributed by atoms with Gasteiger partial charge in [-0.2, -0.15) is 13.2 Å². The molecule has 0 fully saturated rings. The van der Waals surface area contributed by atoms with Crippen molar-refractivity contribution in [1.82, 2.24) is 4.90 Å². The number of hydrogen-bond acceptors (Lipinski definition) is 6. The van der Waals surface area contributed by atoms with Crippen molar-refractivity contribution in [1.29, 1.82) is 0 Å². The molecule has 3 aromatic rings. The number of anilines is 1. The summed E-state index contributed by atoms with van der Waals surface area (Å²) in [7, 11) is 1.49. The Morgan fingerprint density at radius 1 is 1.00 bits per heavy atom. The molecular formula is C27H29F3N4O4. The van der Waals surface area contributed by atoms with Crippen LogP contribution in [0, 0.1) is 0 Å². The number of halogens is 3. The van der Waals surface area contributed by atoms with E-state index in [0.717, 1.165) is 10.8 Å². The third-order valence-electron chi connectivity index (χ3n) is 5.95. The molecule has 3 rings (SSSR count). The Balaban J connectivity index is 1.66. The monoisotopic (exact) mass is 530 g/mol. The number of amides is 2. The predicted octanol–water partition coefficient (Wildman–Crippen LogP) is 3.38. The van der Waals surface area contributed by atoms with Crippen LogP contribution in [-0.2, 0) is 20.8 Å². The average molecular weight is 531 g/mol. The first kappa shape index (κ1) is 28.6. The zero-order valence-corrected chi connectivity index (χ0v) is 20.7. The maximum atomic E-state index is 13.2. The number of carbonyl (C=O) groups is 3. The molecule has 0 unspecified atom stereocenters. The van der Waals surface area contributed by atoms with Crippen LogP contribution in [0.5, 0.6) is 5.75 Å². The molecule has 0 radical (unpaired) electrons. The quantitative estimate of drug-likeness (QED) is 0.272. The van der Waals surface area contributed by atoms with Crippen molar-refractivity contribution in [2.45, 2.75) is 37.5 Å². The molecule has 38 heavy (non-hydrogen) atoms. The molecule has 0 aliphatic carbocycles. The van der Waals surface area contributed by atoms with Crippen molar-refractivity contribution in [3.8, 4) is 5.75 Å². The third-order valence-corrected chi connectivity index (χ3v) is 5.95. The summed E-state index contributed by atoms with van der Waals surface area (Å²) in [5, 5.41) is 4.84. The second kappa shape index (κ2) is 12.5. The van der Waals surface area contributed by atoms with Gasteiger partial charge in [-0.3, -0.25) is 9.59 Å². The summed E-state index contributed by atoms with van der Waals surface area (Å²) < 4.78 is 41.4. The summed E-state index contributed by atoms with van der Waals surface area (Å²) in [6.07, 6.45) is -4.24. The van der Waals surface area contributed by atoms with Crippen LogP contribution in [0.15, 0.2) is 66.7 Å². The van der Waals surface area contributed by atoms with E-state index in [-0.39, 0.29) is 18.1 Å². The van der Waals surface area contributed by atoms with Gasteiger partial charge in [0.15, 0.2) is 0 Å². The van der Waals surface area contributed by atoms with Crippen molar-refractivity contribution in [3.63, 3.8) is 0 Å². The van der Waals surface area contributed by atoms with Crippen LogP contribution in [0.3, 0.4) is 0 Å². The first-order valence-electron chi connectivity index (χ1n) is 11.9. The second-order valence-corrected chi connectivity index (χ2v) is 8.79. The highest BCUT2D eigenvalue weighted by Crippen LogP contribution is 2.22. The Hall–Kier alpha value is -3.96. The molecule has 0 spiro atoms. The van der Waals surface area contributed by atoms with Crippen LogP contribution < -0.4 is 21.5 Å². The lowest BCUT2D eigenvalue weighted by molar-refractivity contribution is -0.189. The van der Waals surface area contributed by atoms with Gasteiger partial charge in [-0.25, -0.2) is 4.79 Å². The van der Waals surface area contributed by atoms with Crippen LogP contribution in [-0.4, -0.2) is 54.5 Å². The second-order valence-electron chi connectivity index (χ2n) is 8.79. The molecule has 11 heteroatoms. The molecule has 202 valence electrons. The van der Waals surface area contributed by atoms with Gasteiger partial charge in [0.25, 0.3) is 0 Å². The SMILES string of the molecule is CN(C(=O)[C@@H](N)Cc1ccc(OC(=O)C(F)(F)F)cc1)[C@@H](CCCN)C(=O)Nc1ccc2ccccc2c1. The van der Waals surface area contributed by atoms with Crippen molar-refractivity contribution < 1.29 is 32.3 Å². The average Bonchev–Trinajstić information content (AvgIpc) is 2.88. The van der Waals surface area contributed by atoms with Crippen LogP contribution in [0.2, 0.25) is 0 Å². The molecule has 0 saturated heterocycles. The summed E-state index contributed by atoms with van der Waals surface area (Å²) in [4.78, 5) is 38.5. The topological polar surface area (TPSA) is 128 Å². The standard InChI is InChI=1S/C27H29F3N4O4/c1-34(25(36)22(32)15-17-8-12-21(13-9-17)38-26(37)27(28,29)30)23(7-4-14-31)24(35)33-20-11-10-18-5-2-3-6-19(18)16-20/h2-3,5-6,8-13,16,22-23H,4,7,14-15,31-32H2,1H3,(H,33,35)/t22-,23-/m0/s1. The minimum Gasteiger partial charge on any atom is -0.420 e. The number of nitrogens with zero attached hydrogens (tertiary/aromatic N) is 1. The zero-order chi connectivity index (χ0) is 27.9. The smallest absolute Gasteiger partial charge is 0.420 e. The number of nitrogens with two attached hydrogens (primary N) is 2. The Morgan fingerprint density at radius 3 is 2.29 bits per heavy atom. The van der Waals surface area contributed by atoms with Gasteiger partial charge in [0.05, 0.1) is 6.04 Å². The van der Waals surface area contributed by atoms with Gasteiger partial charge >= 0.3 is 12.1 Å². The Morgan fingerprint density at radius 2 is 1.66 bits per heavy atom. The van der Waals surface area contributed by atoms with E-state index in [1.54, 1.807) is 6.07 Å². The molecule has 5 N–H and O–H groups in total. The van der Waals surface area contributed by atoms with Gasteiger partial charge < -0.3 is 26.4 Å². The van der Waals surface area contributed by atoms with Crippen molar-refractivity contribution in [3.05, 3.63) is 72.3 Å². The summed E-state index contributed by atoms with van der Waals surface area (Å²) >= 11 is 0. The fourth-order valence-corrected chi connectivity index (χ4v) is 3.92. The minimum atomic E-state index is -5.11. The molecule has 8 nitrogen and oxygen atoms in total. The van der Waals surface area contributed by atoms with Crippen LogP contribution >= 0.6 is 0 Å². The number of likely N-dealkylation sites (N-methyl/N-ethyl adjacent to an activating group) is 1. The molecule has 3 aromatic carbocycles. The molecular weight excluding hydrogens is 501 g/mol. The third kappa shape index (κ3) is 7.53. The Labute approximate surface area is 217 Å². The molecule has 0 saturated carbocycles. The lowest BCUT2D eigenvalue weighted by atomic mass is 10.0. The summed E-state index contributed by atoms with van der Waals surface area (Å²) in [6, 6.07) is 16.5.